The van der Waals surface area contributed by atoms with Crippen LogP contribution in [-0.2, 0) is 38.1 Å². The molecule has 28 heteroatoms. The molecule has 2 fully saturated rings. The highest BCUT2D eigenvalue weighted by atomic mass is 79.9. The minimum atomic E-state index is -3.32. The molecule has 0 saturated carbocycles. The van der Waals surface area contributed by atoms with Crippen LogP contribution in [0.25, 0.3) is 0 Å². The predicted molar refractivity (Wildman–Crippen MR) is 259 cm³/mol. The van der Waals surface area contributed by atoms with E-state index in [1.54, 1.807) is 37.0 Å². The number of benzene rings is 2. The fourth-order valence-electron chi connectivity index (χ4n) is 8.18. The van der Waals surface area contributed by atoms with Crippen LogP contribution in [0.2, 0.25) is 5.02 Å². The third-order valence-electron chi connectivity index (χ3n) is 11.3. The smallest absolute Gasteiger partial charge is 0.338 e. The quantitative estimate of drug-likeness (QED) is 0.0605. The molecular weight excluding hydrogens is 1120 g/mol. The largest absolute Gasteiger partial charge is 0.480 e. The maximum Gasteiger partial charge on any atom is 0.338 e. The monoisotopic (exact) mass is 1160 g/mol. The number of esters is 2. The summed E-state index contributed by atoms with van der Waals surface area (Å²) in [7, 11) is 0. The molecule has 2 aromatic heterocycles. The second-order valence-corrected chi connectivity index (χ2v) is 19.5. The van der Waals surface area contributed by atoms with Crippen LogP contribution in [0.15, 0.2) is 96.5 Å². The number of nitrogens with one attached hydrogen (secondary N) is 2. The van der Waals surface area contributed by atoms with Crippen molar-refractivity contribution >= 4 is 85.8 Å². The third-order valence-corrected chi connectivity index (χ3v) is 13.8. The number of alkyl halides is 4. The van der Waals surface area contributed by atoms with E-state index >= 15 is 0 Å². The number of amidine groups is 2. The number of aliphatic carboxylic acids is 2. The first-order valence-electron chi connectivity index (χ1n) is 22.2. The Labute approximate surface area is 438 Å². The average Bonchev–Trinajstić information content (AvgIpc) is 4.16. The molecule has 4 aliphatic rings. The summed E-state index contributed by atoms with van der Waals surface area (Å²) < 4.78 is 107. The Morgan fingerprint density at radius 1 is 0.730 bits per heavy atom. The fraction of sp³-hybridized carbons (Fsp3) is 0.391. The number of carbonyl (C=O) groups excluding carboxylic acids is 2. The van der Waals surface area contributed by atoms with Crippen LogP contribution in [0.4, 0.5) is 26.3 Å². The van der Waals surface area contributed by atoms with E-state index in [4.69, 9.17) is 40.8 Å². The van der Waals surface area contributed by atoms with E-state index in [1.807, 2.05) is 0 Å². The number of hydrogen-bond donors (Lipinski definition) is 4. The van der Waals surface area contributed by atoms with E-state index in [2.05, 4.69) is 46.5 Å². The summed E-state index contributed by atoms with van der Waals surface area (Å²) in [5.41, 5.74) is 1.36. The molecule has 0 bridgehead atoms. The van der Waals surface area contributed by atoms with E-state index in [9.17, 15) is 45.5 Å². The van der Waals surface area contributed by atoms with Gasteiger partial charge in [-0.15, -0.1) is 22.7 Å². The van der Waals surface area contributed by atoms with E-state index in [0.29, 0.717) is 31.5 Å². The lowest BCUT2D eigenvalue weighted by Crippen LogP contribution is -2.39. The number of aliphatic imine (C=N–C) groups is 2. The minimum absolute atomic E-state index is 0.0186. The first-order valence-corrected chi connectivity index (χ1v) is 25.2. The van der Waals surface area contributed by atoms with Crippen molar-refractivity contribution in [3.05, 3.63) is 124 Å². The number of rotatable bonds is 18. The molecule has 2 aromatic carbocycles. The number of nitrogens with zero attached hydrogens (tertiary/aromatic N) is 6. The Morgan fingerprint density at radius 3 is 1.55 bits per heavy atom. The number of carboxylic acid groups (broad SMARTS) is 2. The molecule has 0 aliphatic carbocycles. The Kier molecular flexibility index (Phi) is 18.3. The van der Waals surface area contributed by atoms with Crippen LogP contribution in [-0.4, -0.2) is 155 Å². The van der Waals surface area contributed by atoms with Gasteiger partial charge in [-0.1, -0.05) is 39.7 Å². The van der Waals surface area contributed by atoms with Crippen LogP contribution in [0.5, 0.6) is 0 Å². The zero-order valence-corrected chi connectivity index (χ0v) is 42.8. The second kappa shape index (κ2) is 24.2. The van der Waals surface area contributed by atoms with Gasteiger partial charge in [-0.25, -0.2) is 55.5 Å². The topological polar surface area (TPSA) is 227 Å². The summed E-state index contributed by atoms with van der Waals surface area (Å²) in [6.45, 7) is -0.692. The average molecular weight is 1160 g/mol. The minimum Gasteiger partial charge on any atom is -0.480 e. The molecule has 0 spiro atoms. The highest BCUT2D eigenvalue weighted by Crippen LogP contribution is 2.40. The summed E-state index contributed by atoms with van der Waals surface area (Å²) in [6, 6.07) is 5.62. The SMILES string of the molecule is CCOC(=O)C1=C(CN2CC(OCC(=O)O)C(F)(F)C2)NC(c2nccs2)=NC1c1ccc(F)cc1Br.CCOC(=O)C1=C(CN2CC(OCC(=O)O)C(F)(F)C2)NC(c2nccs2)=NC1c1ccc(F)cc1Cl. The van der Waals surface area contributed by atoms with Crippen LogP contribution in [0.3, 0.4) is 0 Å². The van der Waals surface area contributed by atoms with Gasteiger partial charge >= 0.3 is 23.9 Å². The molecule has 18 nitrogen and oxygen atoms in total. The van der Waals surface area contributed by atoms with Gasteiger partial charge in [0.2, 0.25) is 0 Å². The molecule has 4 atom stereocenters. The molecule has 8 rings (SSSR count). The van der Waals surface area contributed by atoms with Crippen molar-refractivity contribution in [3.8, 4) is 0 Å². The molecule has 74 heavy (non-hydrogen) atoms. The summed E-state index contributed by atoms with van der Waals surface area (Å²) in [6.07, 6.45) is -0.149. The van der Waals surface area contributed by atoms with E-state index in [1.165, 1.54) is 62.8 Å². The van der Waals surface area contributed by atoms with Crippen LogP contribution in [0.1, 0.15) is 47.1 Å². The van der Waals surface area contributed by atoms with Crippen molar-refractivity contribution in [1.82, 2.24) is 30.4 Å². The highest BCUT2D eigenvalue weighted by Gasteiger charge is 2.51. The number of halogens is 8. The first kappa shape index (κ1) is 55.9. The lowest BCUT2D eigenvalue weighted by Gasteiger charge is -2.29. The zero-order valence-electron chi connectivity index (χ0n) is 38.8. The van der Waals surface area contributed by atoms with E-state index in [0.717, 1.165) is 6.07 Å². The standard InChI is InChI=1S/C23H22BrF3N4O5S.C23H22ClF3N4O5S/c2*1-2-35-22(34)18-15(8-31-9-16(23(26,27)11-31)36-10-17(32)33)29-20(21-28-5-6-37-21)30-19(18)13-4-3-12(25)7-14(13)24/h2*3-7,16,19H,2,8-11H2,1H3,(H,29,30)(H,32,33). The van der Waals surface area contributed by atoms with Gasteiger partial charge < -0.3 is 39.8 Å². The summed E-state index contributed by atoms with van der Waals surface area (Å²) >= 11 is 12.2. The lowest BCUT2D eigenvalue weighted by atomic mass is 9.95. The fourth-order valence-corrected chi connectivity index (χ4v) is 10.2. The third kappa shape index (κ3) is 13.5. The molecule has 2 saturated heterocycles. The Balaban J connectivity index is 0.000000216. The van der Waals surface area contributed by atoms with Gasteiger partial charge in [0, 0.05) is 75.8 Å². The maximum atomic E-state index is 14.6. The van der Waals surface area contributed by atoms with Crippen molar-refractivity contribution in [3.63, 3.8) is 0 Å². The molecule has 396 valence electrons. The van der Waals surface area contributed by atoms with Crippen LogP contribution >= 0.6 is 50.2 Å². The van der Waals surface area contributed by atoms with Gasteiger partial charge in [0.05, 0.1) is 37.4 Å². The number of likely N-dealkylation sites (tertiary alicyclic amines) is 2. The lowest BCUT2D eigenvalue weighted by molar-refractivity contribution is -0.153. The van der Waals surface area contributed by atoms with E-state index in [-0.39, 0.29) is 72.8 Å². The van der Waals surface area contributed by atoms with Crippen molar-refractivity contribution in [2.45, 2.75) is 50.0 Å². The first-order chi connectivity index (χ1) is 35.2. The maximum absolute atomic E-state index is 14.6. The van der Waals surface area contributed by atoms with Crippen molar-refractivity contribution in [1.29, 1.82) is 0 Å². The zero-order chi connectivity index (χ0) is 53.5. The van der Waals surface area contributed by atoms with Gasteiger partial charge in [0.1, 0.15) is 49.1 Å². The Morgan fingerprint density at radius 2 is 1.16 bits per heavy atom. The van der Waals surface area contributed by atoms with Crippen molar-refractivity contribution in [2.24, 2.45) is 9.98 Å². The van der Waals surface area contributed by atoms with Crippen LogP contribution in [0, 0.1) is 11.6 Å². The molecule has 4 unspecified atom stereocenters. The number of ether oxygens (including phenoxy) is 4. The highest BCUT2D eigenvalue weighted by molar-refractivity contribution is 9.10. The summed E-state index contributed by atoms with van der Waals surface area (Å²) in [4.78, 5) is 68.4. The Hall–Kier alpha value is -5.81. The van der Waals surface area contributed by atoms with Crippen LogP contribution < -0.4 is 10.6 Å². The van der Waals surface area contributed by atoms with Crippen molar-refractivity contribution in [2.75, 3.05) is 65.7 Å². The number of hydrogen-bond acceptors (Lipinski definition) is 18. The summed E-state index contributed by atoms with van der Waals surface area (Å²) in [5.74, 6) is -11.3. The number of thiazole rings is 2. The number of carboxylic acids is 2. The van der Waals surface area contributed by atoms with Gasteiger partial charge in [0.25, 0.3) is 11.8 Å². The molecule has 4 aliphatic heterocycles. The van der Waals surface area contributed by atoms with Gasteiger partial charge in [-0.3, -0.25) is 19.8 Å². The van der Waals surface area contributed by atoms with E-state index < -0.39 is 98.0 Å². The molecule has 6 heterocycles. The molecule has 4 aromatic rings. The second-order valence-electron chi connectivity index (χ2n) is 16.5. The van der Waals surface area contributed by atoms with Crippen molar-refractivity contribution < 1.29 is 74.7 Å². The number of carbonyl (C=O) groups is 4. The molecule has 0 radical (unpaired) electrons. The Bertz CT molecular complexity index is 2670. The van der Waals surface area contributed by atoms with Gasteiger partial charge in [-0.05, 0) is 43.7 Å². The molecule has 0 amide bonds. The summed E-state index contributed by atoms with van der Waals surface area (Å²) in [5, 5.41) is 28.2. The molecular formula is C46H44BrClF6N8O10S2. The normalized spacial score (nSPS) is 21.5. The van der Waals surface area contributed by atoms with Gasteiger partial charge in [-0.2, -0.15) is 0 Å². The number of aromatic nitrogens is 2. The molecule has 4 N–H and O–H groups in total. The predicted octanol–water partition coefficient (Wildman–Crippen LogP) is 6.64. The van der Waals surface area contributed by atoms with Gasteiger partial charge in [0.15, 0.2) is 21.7 Å².